The number of nitrogens with zero attached hydrogens (tertiary/aromatic N) is 5. The van der Waals surface area contributed by atoms with Crippen molar-refractivity contribution >= 4 is 34.4 Å². The van der Waals surface area contributed by atoms with Crippen LogP contribution in [0.2, 0.25) is 5.02 Å². The lowest BCUT2D eigenvalue weighted by molar-refractivity contribution is 0.102. The summed E-state index contributed by atoms with van der Waals surface area (Å²) < 4.78 is 3.02. The van der Waals surface area contributed by atoms with E-state index in [1.54, 1.807) is 41.9 Å². The second-order valence-corrected chi connectivity index (χ2v) is 8.39. The fraction of sp³-hybridized carbons (Fsp3) is 0.125. The van der Waals surface area contributed by atoms with Crippen LogP contribution in [0.1, 0.15) is 27.2 Å². The van der Waals surface area contributed by atoms with Gasteiger partial charge < -0.3 is 5.32 Å². The van der Waals surface area contributed by atoms with Crippen molar-refractivity contribution < 1.29 is 4.79 Å². The molecule has 0 aliphatic carbocycles. The number of aromatic amines is 1. The molecule has 9 nitrogen and oxygen atoms in total. The van der Waals surface area contributed by atoms with Crippen LogP contribution in [0.5, 0.6) is 0 Å². The van der Waals surface area contributed by atoms with Gasteiger partial charge in [0.15, 0.2) is 5.65 Å². The van der Waals surface area contributed by atoms with Gasteiger partial charge in [-0.25, -0.2) is 4.68 Å². The van der Waals surface area contributed by atoms with Crippen LogP contribution in [0.25, 0.3) is 22.7 Å². The van der Waals surface area contributed by atoms with E-state index in [-0.39, 0.29) is 17.4 Å². The third-order valence-corrected chi connectivity index (χ3v) is 5.83. The van der Waals surface area contributed by atoms with Gasteiger partial charge in [0.1, 0.15) is 11.2 Å². The number of carbonyl (C=O) groups excluding carboxylic acids is 1. The standard InChI is InChI=1S/C24H20ClN7O2/c1-13-6-4-9-19(15(13)3)31-21-18(12-26-31)23(34)29-24(28-21)32-20(10-14(2)30-32)27-22(33)16-7-5-8-17(25)11-16/h4-12H,1-3H3,(H,27,33)(H,28,29,34). The molecule has 2 N–H and O–H groups in total. The Morgan fingerprint density at radius 3 is 2.65 bits per heavy atom. The van der Waals surface area contributed by atoms with Gasteiger partial charge in [-0.3, -0.25) is 14.6 Å². The number of halogens is 1. The van der Waals surface area contributed by atoms with Crippen molar-refractivity contribution in [3.05, 3.63) is 92.5 Å². The third-order valence-electron chi connectivity index (χ3n) is 5.59. The summed E-state index contributed by atoms with van der Waals surface area (Å²) in [5.74, 6) is 0.134. The number of nitrogens with one attached hydrogen (secondary N) is 2. The van der Waals surface area contributed by atoms with E-state index in [1.807, 2.05) is 32.0 Å². The number of benzene rings is 2. The maximum absolute atomic E-state index is 12.9. The number of amides is 1. The van der Waals surface area contributed by atoms with Crippen molar-refractivity contribution in [3.8, 4) is 11.6 Å². The first-order chi connectivity index (χ1) is 16.3. The van der Waals surface area contributed by atoms with E-state index in [0.29, 0.717) is 33.1 Å². The zero-order valence-corrected chi connectivity index (χ0v) is 19.4. The molecule has 0 bridgehead atoms. The van der Waals surface area contributed by atoms with Crippen LogP contribution < -0.4 is 10.9 Å². The number of rotatable bonds is 4. The Balaban J connectivity index is 1.61. The van der Waals surface area contributed by atoms with Gasteiger partial charge >= 0.3 is 0 Å². The smallest absolute Gasteiger partial charge is 0.263 e. The van der Waals surface area contributed by atoms with E-state index in [1.165, 1.54) is 10.9 Å². The van der Waals surface area contributed by atoms with Crippen molar-refractivity contribution in [2.75, 3.05) is 5.32 Å². The average molecular weight is 474 g/mol. The zero-order chi connectivity index (χ0) is 24.0. The predicted octanol–water partition coefficient (Wildman–Crippen LogP) is 4.13. The summed E-state index contributed by atoms with van der Waals surface area (Å²) in [4.78, 5) is 33.1. The van der Waals surface area contributed by atoms with Gasteiger partial charge in [0, 0.05) is 16.7 Å². The van der Waals surface area contributed by atoms with E-state index in [0.717, 1.165) is 16.8 Å². The zero-order valence-electron chi connectivity index (χ0n) is 18.6. The van der Waals surface area contributed by atoms with Crippen molar-refractivity contribution in [1.82, 2.24) is 29.5 Å². The van der Waals surface area contributed by atoms with Crippen LogP contribution in [-0.4, -0.2) is 35.4 Å². The molecule has 10 heteroatoms. The molecule has 0 aliphatic rings. The summed E-state index contributed by atoms with van der Waals surface area (Å²) in [5, 5.41) is 12.4. The van der Waals surface area contributed by atoms with E-state index in [9.17, 15) is 9.59 Å². The van der Waals surface area contributed by atoms with Gasteiger partial charge in [-0.15, -0.1) is 0 Å². The van der Waals surface area contributed by atoms with Crippen molar-refractivity contribution in [3.63, 3.8) is 0 Å². The number of anilines is 1. The van der Waals surface area contributed by atoms with E-state index in [4.69, 9.17) is 11.6 Å². The topological polar surface area (TPSA) is 110 Å². The second-order valence-electron chi connectivity index (χ2n) is 7.95. The lowest BCUT2D eigenvalue weighted by Crippen LogP contribution is -2.19. The quantitative estimate of drug-likeness (QED) is 0.408. The lowest BCUT2D eigenvalue weighted by atomic mass is 10.1. The highest BCUT2D eigenvalue weighted by Crippen LogP contribution is 2.22. The minimum absolute atomic E-state index is 0.152. The van der Waals surface area contributed by atoms with E-state index in [2.05, 4.69) is 25.5 Å². The van der Waals surface area contributed by atoms with Gasteiger partial charge in [-0.05, 0) is 56.2 Å². The molecule has 1 amide bonds. The summed E-state index contributed by atoms with van der Waals surface area (Å²) in [6, 6.07) is 14.2. The highest BCUT2D eigenvalue weighted by Gasteiger charge is 2.18. The fourth-order valence-electron chi connectivity index (χ4n) is 3.72. The number of carbonyl (C=O) groups is 1. The molecule has 5 aromatic rings. The van der Waals surface area contributed by atoms with Gasteiger partial charge in [-0.1, -0.05) is 29.8 Å². The highest BCUT2D eigenvalue weighted by molar-refractivity contribution is 6.31. The molecule has 0 aliphatic heterocycles. The van der Waals surface area contributed by atoms with Crippen LogP contribution in [0.15, 0.2) is 59.5 Å². The van der Waals surface area contributed by atoms with Crippen LogP contribution >= 0.6 is 11.6 Å². The molecule has 3 heterocycles. The molecule has 0 saturated heterocycles. The van der Waals surface area contributed by atoms with Crippen LogP contribution in [-0.2, 0) is 0 Å². The Morgan fingerprint density at radius 1 is 1.06 bits per heavy atom. The van der Waals surface area contributed by atoms with Crippen molar-refractivity contribution in [2.45, 2.75) is 20.8 Å². The molecule has 0 saturated carbocycles. The molecule has 0 unspecified atom stereocenters. The SMILES string of the molecule is Cc1cc(NC(=O)c2cccc(Cl)c2)n(-c2nc3c(cnn3-c3cccc(C)c3C)c(=O)[nH]2)n1. The number of aromatic nitrogens is 6. The minimum Gasteiger partial charge on any atom is -0.306 e. The maximum Gasteiger partial charge on any atom is 0.263 e. The molecule has 0 radical (unpaired) electrons. The highest BCUT2D eigenvalue weighted by atomic mass is 35.5. The average Bonchev–Trinajstić information content (AvgIpc) is 3.39. The van der Waals surface area contributed by atoms with Gasteiger partial charge in [0.2, 0.25) is 5.95 Å². The molecular formula is C24H20ClN7O2. The summed E-state index contributed by atoms with van der Waals surface area (Å²) in [6.45, 7) is 5.78. The number of H-pyrrole nitrogens is 1. The minimum atomic E-state index is -0.368. The third kappa shape index (κ3) is 3.75. The fourth-order valence-corrected chi connectivity index (χ4v) is 3.91. The molecular weight excluding hydrogens is 454 g/mol. The predicted molar refractivity (Wildman–Crippen MR) is 130 cm³/mol. The van der Waals surface area contributed by atoms with E-state index < -0.39 is 0 Å². The maximum atomic E-state index is 12.9. The first kappa shape index (κ1) is 21.6. The summed E-state index contributed by atoms with van der Waals surface area (Å²) in [5.41, 5.74) is 3.99. The molecule has 0 atom stereocenters. The summed E-state index contributed by atoms with van der Waals surface area (Å²) >= 11 is 6.02. The largest absolute Gasteiger partial charge is 0.306 e. The molecule has 2 aromatic carbocycles. The second kappa shape index (κ2) is 8.27. The van der Waals surface area contributed by atoms with Gasteiger partial charge in [0.05, 0.1) is 17.6 Å². The Kier molecular flexibility index (Phi) is 5.25. The Labute approximate surface area is 199 Å². The molecule has 34 heavy (non-hydrogen) atoms. The Bertz CT molecular complexity index is 1630. The molecule has 0 spiro atoms. The molecule has 170 valence electrons. The molecule has 5 rings (SSSR count). The number of aryl methyl sites for hydroxylation is 2. The van der Waals surface area contributed by atoms with E-state index >= 15 is 0 Å². The first-order valence-corrected chi connectivity index (χ1v) is 10.9. The Hall–Kier alpha value is -4.24. The number of hydrogen-bond donors (Lipinski definition) is 2. The number of hydrogen-bond acceptors (Lipinski definition) is 5. The summed E-state index contributed by atoms with van der Waals surface area (Å²) in [6.07, 6.45) is 1.49. The van der Waals surface area contributed by atoms with Gasteiger partial charge in [-0.2, -0.15) is 19.9 Å². The van der Waals surface area contributed by atoms with Crippen molar-refractivity contribution in [2.24, 2.45) is 0 Å². The number of fused-ring (bicyclic) bond motifs is 1. The van der Waals surface area contributed by atoms with Gasteiger partial charge in [0.25, 0.3) is 11.5 Å². The lowest BCUT2D eigenvalue weighted by Gasteiger charge is -2.11. The Morgan fingerprint density at radius 2 is 1.85 bits per heavy atom. The molecule has 0 fully saturated rings. The van der Waals surface area contributed by atoms with Crippen LogP contribution in [0.3, 0.4) is 0 Å². The summed E-state index contributed by atoms with van der Waals surface area (Å²) in [7, 11) is 0. The molecule has 3 aromatic heterocycles. The first-order valence-electron chi connectivity index (χ1n) is 10.5. The monoisotopic (exact) mass is 473 g/mol. The van der Waals surface area contributed by atoms with Crippen LogP contribution in [0.4, 0.5) is 5.82 Å². The van der Waals surface area contributed by atoms with Crippen LogP contribution in [0, 0.1) is 20.8 Å². The normalized spacial score (nSPS) is 11.2. The van der Waals surface area contributed by atoms with Crippen molar-refractivity contribution in [1.29, 1.82) is 0 Å².